The average Bonchev–Trinajstić information content (AvgIpc) is 2.15. The second kappa shape index (κ2) is 5.18. The van der Waals surface area contributed by atoms with Crippen molar-refractivity contribution >= 4 is 16.9 Å². The monoisotopic (exact) mass is 242 g/mol. The quantitative estimate of drug-likeness (QED) is 0.599. The van der Waals surface area contributed by atoms with E-state index in [2.05, 4.69) is 20.1 Å². The second-order valence-corrected chi connectivity index (χ2v) is 6.06. The molecule has 1 atom stereocenters. The molecule has 0 aliphatic carbocycles. The van der Waals surface area contributed by atoms with Crippen molar-refractivity contribution in [2.75, 3.05) is 13.1 Å². The summed E-state index contributed by atoms with van der Waals surface area (Å²) in [6.45, 7) is 9.28. The molecule has 1 aliphatic heterocycles. The van der Waals surface area contributed by atoms with Gasteiger partial charge in [0.25, 0.3) is 0 Å². The predicted molar refractivity (Wildman–Crippen MR) is 71.2 cm³/mol. The molecule has 0 bridgehead atoms. The molecule has 5 heteroatoms. The highest BCUT2D eigenvalue weighted by molar-refractivity contribution is 7.13. The standard InChI is InChI=1S/C11H22BNO2P/c1-10(2,14)11(3,4)15-12-9-5-7-13(16)8-6-9/h5,14H,6-8,16H2,1-4H3. The molecule has 3 nitrogen and oxygen atoms in total. The topological polar surface area (TPSA) is 32.7 Å². The Balaban J connectivity index is 2.46. The molecule has 91 valence electrons. The maximum atomic E-state index is 9.94. The van der Waals surface area contributed by atoms with Crippen LogP contribution in [-0.4, -0.2) is 41.6 Å². The Bertz CT molecular complexity index is 274. The minimum Gasteiger partial charge on any atom is -0.427 e. The van der Waals surface area contributed by atoms with Crippen LogP contribution in [0.15, 0.2) is 11.5 Å². The zero-order valence-electron chi connectivity index (χ0n) is 10.7. The van der Waals surface area contributed by atoms with Crippen LogP contribution in [0.2, 0.25) is 0 Å². The van der Waals surface area contributed by atoms with E-state index in [0.717, 1.165) is 19.5 Å². The third-order valence-electron chi connectivity index (χ3n) is 3.25. The summed E-state index contributed by atoms with van der Waals surface area (Å²) < 4.78 is 7.88. The first kappa shape index (κ1) is 14.2. The highest BCUT2D eigenvalue weighted by Crippen LogP contribution is 2.25. The van der Waals surface area contributed by atoms with Gasteiger partial charge in [-0.3, -0.25) is 4.67 Å². The molecule has 0 aromatic rings. The van der Waals surface area contributed by atoms with Crippen LogP contribution >= 0.6 is 9.39 Å². The normalized spacial score (nSPS) is 19.5. The number of aliphatic hydroxyl groups is 1. The van der Waals surface area contributed by atoms with Crippen LogP contribution in [0.5, 0.6) is 0 Å². The van der Waals surface area contributed by atoms with Crippen molar-refractivity contribution < 1.29 is 9.76 Å². The Morgan fingerprint density at radius 2 is 2.06 bits per heavy atom. The molecule has 1 unspecified atom stereocenters. The van der Waals surface area contributed by atoms with E-state index in [1.54, 1.807) is 21.3 Å². The van der Waals surface area contributed by atoms with Gasteiger partial charge in [-0.1, -0.05) is 20.9 Å². The SMILES string of the molecule is CC(C)(O)C(C)(C)O[B]C1=CCN(P)CC1. The molecule has 1 N–H and O–H groups in total. The van der Waals surface area contributed by atoms with E-state index < -0.39 is 11.2 Å². The van der Waals surface area contributed by atoms with E-state index in [1.165, 1.54) is 5.47 Å². The fraction of sp³-hybridized carbons (Fsp3) is 0.818. The summed E-state index contributed by atoms with van der Waals surface area (Å²) in [7, 11) is 4.48. The van der Waals surface area contributed by atoms with Crippen LogP contribution in [0, 0.1) is 0 Å². The lowest BCUT2D eigenvalue weighted by Crippen LogP contribution is -2.48. The van der Waals surface area contributed by atoms with Gasteiger partial charge in [0.2, 0.25) is 0 Å². The van der Waals surface area contributed by atoms with Gasteiger partial charge in [-0.2, -0.15) is 0 Å². The Hall–Kier alpha value is 0.115. The number of rotatable bonds is 4. The highest BCUT2D eigenvalue weighted by Gasteiger charge is 2.35. The minimum atomic E-state index is -0.856. The molecule has 1 rings (SSSR count). The summed E-state index contributed by atoms with van der Waals surface area (Å²) in [6.07, 6.45) is 3.14. The summed E-state index contributed by atoms with van der Waals surface area (Å²) in [5.74, 6) is 0. The molecule has 0 saturated carbocycles. The van der Waals surface area contributed by atoms with Crippen LogP contribution in [-0.2, 0) is 4.65 Å². The molecule has 0 saturated heterocycles. The van der Waals surface area contributed by atoms with Gasteiger partial charge in [-0.05, 0) is 34.1 Å². The van der Waals surface area contributed by atoms with Gasteiger partial charge >= 0.3 is 7.48 Å². The largest absolute Gasteiger partial charge is 0.427 e. The maximum Gasteiger partial charge on any atom is 0.326 e. The van der Waals surface area contributed by atoms with E-state index in [1.807, 2.05) is 13.8 Å². The molecule has 16 heavy (non-hydrogen) atoms. The van der Waals surface area contributed by atoms with Gasteiger partial charge in [0.1, 0.15) is 0 Å². The van der Waals surface area contributed by atoms with Gasteiger partial charge in [0.15, 0.2) is 0 Å². The first-order valence-electron chi connectivity index (χ1n) is 5.64. The molecule has 1 radical (unpaired) electrons. The third-order valence-corrected chi connectivity index (χ3v) is 3.72. The zero-order valence-corrected chi connectivity index (χ0v) is 11.8. The van der Waals surface area contributed by atoms with Gasteiger partial charge in [0.05, 0.1) is 11.2 Å². The molecule has 1 heterocycles. The Kier molecular flexibility index (Phi) is 4.59. The van der Waals surface area contributed by atoms with E-state index in [-0.39, 0.29) is 0 Å². The minimum absolute atomic E-state index is 0.577. The summed E-state index contributed by atoms with van der Waals surface area (Å²) in [4.78, 5) is 0. The summed E-state index contributed by atoms with van der Waals surface area (Å²) in [6, 6.07) is 0. The zero-order chi connectivity index (χ0) is 12.4. The van der Waals surface area contributed by atoms with Crippen molar-refractivity contribution in [3.05, 3.63) is 11.5 Å². The highest BCUT2D eigenvalue weighted by atomic mass is 31.0. The fourth-order valence-electron chi connectivity index (χ4n) is 1.17. The maximum absolute atomic E-state index is 9.94. The molecule has 0 amide bonds. The van der Waals surface area contributed by atoms with Crippen molar-refractivity contribution in [2.24, 2.45) is 0 Å². The Morgan fingerprint density at radius 3 is 2.50 bits per heavy atom. The molecule has 0 aromatic carbocycles. The molecule has 0 fully saturated rings. The lowest BCUT2D eigenvalue weighted by atomic mass is 9.80. The number of hydrogen-bond acceptors (Lipinski definition) is 3. The second-order valence-electron chi connectivity index (χ2n) is 5.33. The molecular weight excluding hydrogens is 220 g/mol. The summed E-state index contributed by atoms with van der Waals surface area (Å²) in [5.41, 5.74) is -0.229. The van der Waals surface area contributed by atoms with E-state index in [0.29, 0.717) is 0 Å². The van der Waals surface area contributed by atoms with Crippen molar-refractivity contribution in [3.8, 4) is 0 Å². The Labute approximate surface area is 102 Å². The van der Waals surface area contributed by atoms with E-state index in [9.17, 15) is 5.11 Å². The molecule has 0 aromatic heterocycles. The summed E-state index contributed by atoms with van der Waals surface area (Å²) in [5, 5.41) is 9.94. The van der Waals surface area contributed by atoms with Gasteiger partial charge in [-0.15, -0.1) is 0 Å². The van der Waals surface area contributed by atoms with Gasteiger partial charge < -0.3 is 9.76 Å². The molecular formula is C11H22BNO2P. The van der Waals surface area contributed by atoms with Crippen LogP contribution in [0.1, 0.15) is 34.1 Å². The fourth-order valence-corrected chi connectivity index (χ4v) is 1.41. The Morgan fingerprint density at radius 1 is 1.44 bits per heavy atom. The van der Waals surface area contributed by atoms with Crippen LogP contribution in [0.4, 0.5) is 0 Å². The lowest BCUT2D eigenvalue weighted by Gasteiger charge is -2.38. The predicted octanol–water partition coefficient (Wildman–Crippen LogP) is 1.55. The molecule has 0 spiro atoms. The van der Waals surface area contributed by atoms with Gasteiger partial charge in [0, 0.05) is 13.1 Å². The van der Waals surface area contributed by atoms with Crippen LogP contribution in [0.25, 0.3) is 0 Å². The van der Waals surface area contributed by atoms with Crippen LogP contribution in [0.3, 0.4) is 0 Å². The van der Waals surface area contributed by atoms with Gasteiger partial charge in [-0.25, -0.2) is 0 Å². The van der Waals surface area contributed by atoms with Crippen LogP contribution < -0.4 is 0 Å². The van der Waals surface area contributed by atoms with E-state index in [4.69, 9.17) is 4.65 Å². The third kappa shape index (κ3) is 3.85. The molecule has 1 aliphatic rings. The number of hydrogen-bond donors (Lipinski definition) is 1. The lowest BCUT2D eigenvalue weighted by molar-refractivity contribution is -0.0897. The number of nitrogens with zero attached hydrogens (tertiary/aromatic N) is 1. The van der Waals surface area contributed by atoms with Crippen molar-refractivity contribution in [3.63, 3.8) is 0 Å². The smallest absolute Gasteiger partial charge is 0.326 e. The van der Waals surface area contributed by atoms with E-state index >= 15 is 0 Å². The van der Waals surface area contributed by atoms with Crippen molar-refractivity contribution in [1.29, 1.82) is 0 Å². The first-order valence-corrected chi connectivity index (χ1v) is 6.16. The van der Waals surface area contributed by atoms with Crippen molar-refractivity contribution in [1.82, 2.24) is 4.67 Å². The first-order chi connectivity index (χ1) is 7.22. The average molecular weight is 242 g/mol. The summed E-state index contributed by atoms with van der Waals surface area (Å²) >= 11 is 0. The van der Waals surface area contributed by atoms with Crippen molar-refractivity contribution in [2.45, 2.75) is 45.3 Å².